The Morgan fingerprint density at radius 2 is 1.89 bits per heavy atom. The minimum atomic E-state index is -0.0707. The Balaban J connectivity index is 1.48. The molecule has 7 heteroatoms. The quantitative estimate of drug-likeness (QED) is 0.703. The Bertz CT molecular complexity index is 1040. The Hall–Kier alpha value is -3.35. The lowest BCUT2D eigenvalue weighted by atomic mass is 10.1. The van der Waals surface area contributed by atoms with Crippen molar-refractivity contribution in [2.45, 2.75) is 18.6 Å². The summed E-state index contributed by atoms with van der Waals surface area (Å²) >= 11 is 0. The monoisotopic (exact) mass is 375 g/mol. The van der Waals surface area contributed by atoms with Gasteiger partial charge in [0.15, 0.2) is 0 Å². The van der Waals surface area contributed by atoms with E-state index in [0.717, 1.165) is 5.69 Å². The van der Waals surface area contributed by atoms with Crippen LogP contribution < -0.4 is 0 Å². The fraction of sp³-hybridized carbons (Fsp3) is 0.286. The lowest BCUT2D eigenvalue weighted by Crippen LogP contribution is -2.50. The summed E-state index contributed by atoms with van der Waals surface area (Å²) in [5.74, 6) is -0.00842. The van der Waals surface area contributed by atoms with E-state index in [0.29, 0.717) is 31.0 Å². The van der Waals surface area contributed by atoms with Crippen molar-refractivity contribution in [1.82, 2.24) is 23.9 Å². The van der Waals surface area contributed by atoms with Gasteiger partial charge in [-0.2, -0.15) is 0 Å². The molecule has 2 aliphatic rings. The van der Waals surface area contributed by atoms with E-state index in [1.54, 1.807) is 6.20 Å². The lowest BCUT2D eigenvalue weighted by molar-refractivity contribution is 0.0547. The SMILES string of the molecule is Cn1cccc1C(=O)N1C[C@@H]2[C@@H](C1)n1cccc1C(=O)N2Cc1ccccn1. The number of likely N-dealkylation sites (tertiary alicyclic amines) is 1. The minimum Gasteiger partial charge on any atom is -0.347 e. The number of pyridine rings is 1. The number of hydrogen-bond donors (Lipinski definition) is 0. The number of fused-ring (bicyclic) bond motifs is 3. The van der Waals surface area contributed by atoms with E-state index in [1.807, 2.05) is 80.8 Å². The molecule has 3 aromatic heterocycles. The molecule has 142 valence electrons. The molecule has 5 heterocycles. The van der Waals surface area contributed by atoms with Crippen molar-refractivity contribution in [2.75, 3.05) is 13.1 Å². The van der Waals surface area contributed by atoms with Crippen molar-refractivity contribution in [3.05, 3.63) is 78.1 Å². The van der Waals surface area contributed by atoms with Crippen molar-refractivity contribution in [3.8, 4) is 0 Å². The average Bonchev–Trinajstić information content (AvgIpc) is 3.44. The third-order valence-electron chi connectivity index (χ3n) is 5.78. The molecule has 0 unspecified atom stereocenters. The Labute approximate surface area is 162 Å². The first-order chi connectivity index (χ1) is 13.6. The van der Waals surface area contributed by atoms with E-state index in [2.05, 4.69) is 4.98 Å². The number of aromatic nitrogens is 3. The number of carbonyl (C=O) groups excluding carboxylic acids is 2. The van der Waals surface area contributed by atoms with Gasteiger partial charge in [-0.3, -0.25) is 14.6 Å². The number of amides is 2. The topological polar surface area (TPSA) is 63.4 Å². The third kappa shape index (κ3) is 2.54. The van der Waals surface area contributed by atoms with Crippen LogP contribution in [0.5, 0.6) is 0 Å². The molecule has 3 aromatic rings. The second-order valence-electron chi connectivity index (χ2n) is 7.40. The molecule has 28 heavy (non-hydrogen) atoms. The van der Waals surface area contributed by atoms with Gasteiger partial charge in [-0.05, 0) is 36.4 Å². The maximum atomic E-state index is 13.2. The predicted molar refractivity (Wildman–Crippen MR) is 103 cm³/mol. The van der Waals surface area contributed by atoms with E-state index < -0.39 is 0 Å². The summed E-state index contributed by atoms with van der Waals surface area (Å²) in [6.07, 6.45) is 5.56. The number of rotatable bonds is 3. The molecule has 7 nitrogen and oxygen atoms in total. The first-order valence-electron chi connectivity index (χ1n) is 9.42. The van der Waals surface area contributed by atoms with E-state index in [1.165, 1.54) is 0 Å². The summed E-state index contributed by atoms with van der Waals surface area (Å²) in [6, 6.07) is 13.2. The predicted octanol–water partition coefficient (Wildman–Crippen LogP) is 1.94. The van der Waals surface area contributed by atoms with Crippen LogP contribution >= 0.6 is 0 Å². The van der Waals surface area contributed by atoms with Crippen molar-refractivity contribution in [3.63, 3.8) is 0 Å². The van der Waals surface area contributed by atoms with Crippen LogP contribution in [0.25, 0.3) is 0 Å². The van der Waals surface area contributed by atoms with Gasteiger partial charge in [-0.25, -0.2) is 0 Å². The van der Waals surface area contributed by atoms with Crippen molar-refractivity contribution in [1.29, 1.82) is 0 Å². The van der Waals surface area contributed by atoms with Crippen LogP contribution in [-0.2, 0) is 13.6 Å². The first-order valence-corrected chi connectivity index (χ1v) is 9.42. The summed E-state index contributed by atoms with van der Waals surface area (Å²) in [6.45, 7) is 1.55. The van der Waals surface area contributed by atoms with E-state index in [4.69, 9.17) is 0 Å². The fourth-order valence-corrected chi connectivity index (χ4v) is 4.38. The number of nitrogens with zero attached hydrogens (tertiary/aromatic N) is 5. The largest absolute Gasteiger partial charge is 0.347 e. The molecular formula is C21H21N5O2. The summed E-state index contributed by atoms with van der Waals surface area (Å²) in [4.78, 5) is 34.3. The van der Waals surface area contributed by atoms with Crippen LogP contribution in [-0.4, -0.2) is 54.9 Å². The summed E-state index contributed by atoms with van der Waals surface area (Å²) in [5.41, 5.74) is 2.18. The molecule has 0 radical (unpaired) electrons. The van der Waals surface area contributed by atoms with Crippen molar-refractivity contribution >= 4 is 11.8 Å². The maximum absolute atomic E-state index is 13.2. The molecule has 0 spiro atoms. The molecule has 2 atom stereocenters. The zero-order valence-corrected chi connectivity index (χ0v) is 15.6. The number of carbonyl (C=O) groups is 2. The summed E-state index contributed by atoms with van der Waals surface area (Å²) in [7, 11) is 1.87. The van der Waals surface area contributed by atoms with Crippen LogP contribution in [0.4, 0.5) is 0 Å². The Morgan fingerprint density at radius 1 is 1.07 bits per heavy atom. The van der Waals surface area contributed by atoms with Crippen molar-refractivity contribution in [2.24, 2.45) is 7.05 Å². The number of hydrogen-bond acceptors (Lipinski definition) is 3. The molecule has 0 saturated carbocycles. The highest BCUT2D eigenvalue weighted by molar-refractivity contribution is 5.95. The van der Waals surface area contributed by atoms with Gasteiger partial charge in [0.25, 0.3) is 11.8 Å². The van der Waals surface area contributed by atoms with Crippen LogP contribution in [0.3, 0.4) is 0 Å². The van der Waals surface area contributed by atoms with Crippen molar-refractivity contribution < 1.29 is 9.59 Å². The Kier molecular flexibility index (Phi) is 3.82. The molecule has 1 fully saturated rings. The van der Waals surface area contributed by atoms with E-state index in [9.17, 15) is 9.59 Å². The van der Waals surface area contributed by atoms with Gasteiger partial charge in [-0.1, -0.05) is 6.07 Å². The molecule has 0 aromatic carbocycles. The highest BCUT2D eigenvalue weighted by Gasteiger charge is 2.46. The molecule has 1 saturated heterocycles. The number of aryl methyl sites for hydroxylation is 1. The van der Waals surface area contributed by atoms with Crippen LogP contribution in [0, 0.1) is 0 Å². The van der Waals surface area contributed by atoms with Gasteiger partial charge < -0.3 is 18.9 Å². The van der Waals surface area contributed by atoms with Crippen LogP contribution in [0.1, 0.15) is 32.7 Å². The molecule has 0 aliphatic carbocycles. The first kappa shape index (κ1) is 16.8. The lowest BCUT2D eigenvalue weighted by Gasteiger charge is -2.37. The molecule has 2 aliphatic heterocycles. The van der Waals surface area contributed by atoms with Gasteiger partial charge in [-0.15, -0.1) is 0 Å². The standard InChI is InChI=1S/C21H21N5O2/c1-23-10-4-7-16(23)20(27)24-13-18-19(14-24)26(12-15-6-2-3-9-22-15)21(28)17-8-5-11-25(17)18/h2-11,18-19H,12-14H2,1H3/t18-,19-/m1/s1. The highest BCUT2D eigenvalue weighted by Crippen LogP contribution is 2.35. The minimum absolute atomic E-state index is 0.000779. The second-order valence-corrected chi connectivity index (χ2v) is 7.40. The van der Waals surface area contributed by atoms with Gasteiger partial charge in [0.2, 0.25) is 0 Å². The van der Waals surface area contributed by atoms with E-state index in [-0.39, 0.29) is 23.9 Å². The van der Waals surface area contributed by atoms with Crippen LogP contribution in [0.2, 0.25) is 0 Å². The van der Waals surface area contributed by atoms with Gasteiger partial charge in [0.1, 0.15) is 11.4 Å². The van der Waals surface area contributed by atoms with Gasteiger partial charge in [0, 0.05) is 38.7 Å². The maximum Gasteiger partial charge on any atom is 0.271 e. The molecular weight excluding hydrogens is 354 g/mol. The molecule has 2 amide bonds. The fourth-order valence-electron chi connectivity index (χ4n) is 4.38. The molecule has 0 bridgehead atoms. The Morgan fingerprint density at radius 3 is 2.64 bits per heavy atom. The zero-order valence-electron chi connectivity index (χ0n) is 15.6. The second kappa shape index (κ2) is 6.37. The normalized spacial score (nSPS) is 21.0. The van der Waals surface area contributed by atoms with Gasteiger partial charge >= 0.3 is 0 Å². The average molecular weight is 375 g/mol. The summed E-state index contributed by atoms with van der Waals surface area (Å²) < 4.78 is 3.86. The highest BCUT2D eigenvalue weighted by atomic mass is 16.2. The smallest absolute Gasteiger partial charge is 0.271 e. The van der Waals surface area contributed by atoms with Crippen LogP contribution in [0.15, 0.2) is 61.1 Å². The zero-order chi connectivity index (χ0) is 19.3. The van der Waals surface area contributed by atoms with Gasteiger partial charge in [0.05, 0.1) is 24.3 Å². The molecule has 0 N–H and O–H groups in total. The molecule has 5 rings (SSSR count). The van der Waals surface area contributed by atoms with E-state index >= 15 is 0 Å². The summed E-state index contributed by atoms with van der Waals surface area (Å²) in [5, 5.41) is 0. The third-order valence-corrected chi connectivity index (χ3v) is 5.78.